The van der Waals surface area contributed by atoms with Gasteiger partial charge in [0.05, 0.1) is 0 Å². The summed E-state index contributed by atoms with van der Waals surface area (Å²) in [7, 11) is 0. The average molecular weight is 211 g/mol. The van der Waals surface area contributed by atoms with Crippen LogP contribution < -0.4 is 11.1 Å². The van der Waals surface area contributed by atoms with E-state index in [9.17, 15) is 0 Å². The quantitative estimate of drug-likeness (QED) is 0.778. The van der Waals surface area contributed by atoms with Crippen LogP contribution in [0.3, 0.4) is 0 Å². The van der Waals surface area contributed by atoms with Crippen LogP contribution in [0.25, 0.3) is 0 Å². The van der Waals surface area contributed by atoms with E-state index in [1.165, 1.54) is 5.56 Å². The molecule has 0 spiro atoms. The van der Waals surface area contributed by atoms with Crippen LogP contribution in [0.1, 0.15) is 12.0 Å². The van der Waals surface area contributed by atoms with Crippen LogP contribution in [0.5, 0.6) is 0 Å². The van der Waals surface area contributed by atoms with Gasteiger partial charge in [0.1, 0.15) is 0 Å². The van der Waals surface area contributed by atoms with E-state index >= 15 is 0 Å². The fourth-order valence-electron chi connectivity index (χ4n) is 1.91. The number of nitrogens with one attached hydrogen (secondary N) is 1. The van der Waals surface area contributed by atoms with E-state index in [1.54, 1.807) is 0 Å². The van der Waals surface area contributed by atoms with Crippen molar-refractivity contribution < 1.29 is 0 Å². The summed E-state index contributed by atoms with van der Waals surface area (Å²) in [5.74, 6) is 0. The molecule has 1 aliphatic heterocycles. The molecule has 1 aromatic rings. The first-order valence-corrected chi connectivity index (χ1v) is 5.35. The van der Waals surface area contributed by atoms with Crippen LogP contribution in [0.15, 0.2) is 24.3 Å². The molecule has 3 heteroatoms. The highest BCUT2D eigenvalue weighted by molar-refractivity contribution is 6.30. The Hall–Kier alpha value is -0.570. The summed E-state index contributed by atoms with van der Waals surface area (Å²) in [6, 6.07) is 8.89. The Morgan fingerprint density at radius 3 is 2.64 bits per heavy atom. The highest BCUT2D eigenvalue weighted by Gasteiger charge is 2.20. The zero-order valence-electron chi connectivity index (χ0n) is 8.04. The second-order valence-corrected chi connectivity index (χ2v) is 4.37. The largest absolute Gasteiger partial charge is 0.326 e. The molecule has 0 bridgehead atoms. The molecule has 0 aromatic heterocycles. The first-order chi connectivity index (χ1) is 6.74. The van der Waals surface area contributed by atoms with Gasteiger partial charge in [0.2, 0.25) is 0 Å². The Kier molecular flexibility index (Phi) is 3.06. The van der Waals surface area contributed by atoms with Crippen molar-refractivity contribution in [3.8, 4) is 0 Å². The molecule has 76 valence electrons. The van der Waals surface area contributed by atoms with E-state index in [4.69, 9.17) is 17.3 Å². The maximum Gasteiger partial charge on any atom is 0.0406 e. The molecule has 1 aromatic carbocycles. The van der Waals surface area contributed by atoms with Crippen LogP contribution in [0.4, 0.5) is 0 Å². The zero-order valence-corrected chi connectivity index (χ0v) is 8.80. The fourth-order valence-corrected chi connectivity index (χ4v) is 2.04. The van der Waals surface area contributed by atoms with Crippen molar-refractivity contribution in [3.05, 3.63) is 34.9 Å². The van der Waals surface area contributed by atoms with Crippen LogP contribution in [-0.2, 0) is 6.42 Å². The lowest BCUT2D eigenvalue weighted by Crippen LogP contribution is -2.24. The Morgan fingerprint density at radius 2 is 2.07 bits per heavy atom. The molecule has 14 heavy (non-hydrogen) atoms. The van der Waals surface area contributed by atoms with Gasteiger partial charge in [-0.2, -0.15) is 0 Å². The summed E-state index contributed by atoms with van der Waals surface area (Å²) in [5, 5.41) is 4.21. The number of hydrogen-bond donors (Lipinski definition) is 2. The van der Waals surface area contributed by atoms with Crippen LogP contribution in [0, 0.1) is 0 Å². The summed E-state index contributed by atoms with van der Waals surface area (Å²) in [6.07, 6.45) is 2.12. The predicted molar refractivity (Wildman–Crippen MR) is 59.5 cm³/mol. The smallest absolute Gasteiger partial charge is 0.0406 e. The molecule has 2 unspecified atom stereocenters. The molecular formula is C11H15ClN2. The van der Waals surface area contributed by atoms with Crippen molar-refractivity contribution in [2.45, 2.75) is 24.9 Å². The second kappa shape index (κ2) is 4.30. The molecule has 1 saturated heterocycles. The fraction of sp³-hybridized carbons (Fsp3) is 0.455. The van der Waals surface area contributed by atoms with Gasteiger partial charge < -0.3 is 11.1 Å². The molecule has 1 aliphatic rings. The molecule has 1 heterocycles. The third-order valence-corrected chi connectivity index (χ3v) is 2.90. The first-order valence-electron chi connectivity index (χ1n) is 4.97. The SMILES string of the molecule is NC1CNC(Cc2ccc(Cl)cc2)C1. The lowest BCUT2D eigenvalue weighted by Gasteiger charge is -2.09. The van der Waals surface area contributed by atoms with Crippen molar-refractivity contribution in [2.75, 3.05) is 6.54 Å². The molecule has 0 amide bonds. The average Bonchev–Trinajstić information content (AvgIpc) is 2.56. The molecule has 3 N–H and O–H groups in total. The van der Waals surface area contributed by atoms with Gasteiger partial charge in [-0.3, -0.25) is 0 Å². The van der Waals surface area contributed by atoms with Crippen molar-refractivity contribution in [1.29, 1.82) is 0 Å². The van der Waals surface area contributed by atoms with E-state index < -0.39 is 0 Å². The molecule has 2 atom stereocenters. The highest BCUT2D eigenvalue weighted by atomic mass is 35.5. The minimum atomic E-state index is 0.326. The van der Waals surface area contributed by atoms with E-state index in [-0.39, 0.29) is 0 Å². The number of rotatable bonds is 2. The summed E-state index contributed by atoms with van der Waals surface area (Å²) >= 11 is 5.82. The van der Waals surface area contributed by atoms with E-state index in [0.717, 1.165) is 24.4 Å². The molecule has 2 rings (SSSR count). The third kappa shape index (κ3) is 2.47. The Bertz CT molecular complexity index is 297. The number of nitrogens with two attached hydrogens (primary N) is 1. The van der Waals surface area contributed by atoms with Crippen LogP contribution in [-0.4, -0.2) is 18.6 Å². The van der Waals surface area contributed by atoms with Gasteiger partial charge in [-0.1, -0.05) is 23.7 Å². The lowest BCUT2D eigenvalue weighted by atomic mass is 10.0. The maximum atomic E-state index is 5.82. The van der Waals surface area contributed by atoms with Crippen molar-refractivity contribution in [1.82, 2.24) is 5.32 Å². The summed E-state index contributed by atoms with van der Waals surface area (Å²) in [5.41, 5.74) is 7.14. The monoisotopic (exact) mass is 210 g/mol. The van der Waals surface area contributed by atoms with E-state index in [2.05, 4.69) is 17.4 Å². The van der Waals surface area contributed by atoms with Crippen molar-refractivity contribution in [2.24, 2.45) is 5.73 Å². The van der Waals surface area contributed by atoms with Gasteiger partial charge in [-0.25, -0.2) is 0 Å². The van der Waals surface area contributed by atoms with Gasteiger partial charge in [0, 0.05) is 23.7 Å². The van der Waals surface area contributed by atoms with Gasteiger partial charge in [0.25, 0.3) is 0 Å². The molecule has 0 aliphatic carbocycles. The highest BCUT2D eigenvalue weighted by Crippen LogP contribution is 2.14. The van der Waals surface area contributed by atoms with Crippen LogP contribution in [0.2, 0.25) is 5.02 Å². The molecule has 0 radical (unpaired) electrons. The minimum Gasteiger partial charge on any atom is -0.326 e. The normalized spacial score (nSPS) is 26.7. The molecular weight excluding hydrogens is 196 g/mol. The van der Waals surface area contributed by atoms with E-state index in [1.807, 2.05) is 12.1 Å². The lowest BCUT2D eigenvalue weighted by molar-refractivity contribution is 0.597. The number of hydrogen-bond acceptors (Lipinski definition) is 2. The standard InChI is InChI=1S/C11H15ClN2/c12-9-3-1-8(2-4-9)5-11-6-10(13)7-14-11/h1-4,10-11,14H,5-7,13H2. The van der Waals surface area contributed by atoms with Gasteiger partial charge >= 0.3 is 0 Å². The summed E-state index contributed by atoms with van der Waals surface area (Å²) in [4.78, 5) is 0. The van der Waals surface area contributed by atoms with E-state index in [0.29, 0.717) is 12.1 Å². The Morgan fingerprint density at radius 1 is 1.36 bits per heavy atom. The molecule has 0 saturated carbocycles. The van der Waals surface area contributed by atoms with Gasteiger partial charge in [0.15, 0.2) is 0 Å². The molecule has 2 nitrogen and oxygen atoms in total. The summed E-state index contributed by atoms with van der Waals surface area (Å²) in [6.45, 7) is 0.943. The Labute approximate surface area is 89.4 Å². The Balaban J connectivity index is 1.94. The van der Waals surface area contributed by atoms with Gasteiger partial charge in [-0.15, -0.1) is 0 Å². The summed E-state index contributed by atoms with van der Waals surface area (Å²) < 4.78 is 0. The third-order valence-electron chi connectivity index (χ3n) is 2.65. The second-order valence-electron chi connectivity index (χ2n) is 3.93. The molecule has 1 fully saturated rings. The first kappa shape index (κ1) is 9.97. The topological polar surface area (TPSA) is 38.0 Å². The predicted octanol–water partition coefficient (Wildman–Crippen LogP) is 1.57. The van der Waals surface area contributed by atoms with Crippen molar-refractivity contribution in [3.63, 3.8) is 0 Å². The van der Waals surface area contributed by atoms with Gasteiger partial charge in [-0.05, 0) is 30.5 Å². The number of benzene rings is 1. The van der Waals surface area contributed by atoms with Crippen molar-refractivity contribution >= 4 is 11.6 Å². The minimum absolute atomic E-state index is 0.326. The van der Waals surface area contributed by atoms with Crippen LogP contribution >= 0.6 is 11.6 Å². The zero-order chi connectivity index (χ0) is 9.97. The number of halogens is 1. The maximum absolute atomic E-state index is 5.82.